The van der Waals surface area contributed by atoms with Gasteiger partial charge < -0.3 is 0 Å². The smallest absolute Gasteiger partial charge is 0.248 e. The molecule has 0 unspecified atom stereocenters. The van der Waals surface area contributed by atoms with Crippen molar-refractivity contribution in [3.63, 3.8) is 0 Å². The van der Waals surface area contributed by atoms with Gasteiger partial charge in [-0.15, -0.1) is 0 Å². The minimum atomic E-state index is -2.44. The summed E-state index contributed by atoms with van der Waals surface area (Å²) in [5, 5.41) is 0. The normalized spacial score (nSPS) is 20.3. The molecule has 0 atom stereocenters. The minimum Gasteiger partial charge on any atom is -0.299 e. The predicted octanol–water partition coefficient (Wildman–Crippen LogP) is 4.46. The van der Waals surface area contributed by atoms with Gasteiger partial charge in [-0.2, -0.15) is 0 Å². The molecule has 1 aliphatic carbocycles. The van der Waals surface area contributed by atoms with E-state index in [1.807, 2.05) is 25.2 Å². The van der Waals surface area contributed by atoms with E-state index in [2.05, 4.69) is 26.9 Å². The van der Waals surface area contributed by atoms with Crippen molar-refractivity contribution < 1.29 is 8.78 Å². The average molecular weight is 318 g/mol. The molecule has 100 valence electrons. The van der Waals surface area contributed by atoms with E-state index in [-0.39, 0.29) is 18.9 Å². The first kappa shape index (κ1) is 13.9. The molecule has 0 saturated heterocycles. The Morgan fingerprint density at radius 1 is 1.28 bits per heavy atom. The van der Waals surface area contributed by atoms with Crippen molar-refractivity contribution in [2.45, 2.75) is 44.2 Å². The molecule has 0 bridgehead atoms. The highest BCUT2D eigenvalue weighted by Crippen LogP contribution is 2.35. The molecule has 1 saturated carbocycles. The Kier molecular flexibility index (Phi) is 4.38. The van der Waals surface area contributed by atoms with Crippen LogP contribution in [-0.2, 0) is 6.54 Å². The molecule has 1 nitrogen and oxygen atoms in total. The molecule has 18 heavy (non-hydrogen) atoms. The van der Waals surface area contributed by atoms with Crippen LogP contribution in [-0.4, -0.2) is 23.9 Å². The summed E-state index contributed by atoms with van der Waals surface area (Å²) in [6.07, 6.45) is 1.23. The Morgan fingerprint density at radius 2 is 1.89 bits per heavy atom. The number of rotatable bonds is 3. The second-order valence-electron chi connectivity index (χ2n) is 5.09. The van der Waals surface area contributed by atoms with E-state index in [0.29, 0.717) is 12.8 Å². The van der Waals surface area contributed by atoms with Crippen LogP contribution in [0.5, 0.6) is 0 Å². The van der Waals surface area contributed by atoms with E-state index in [9.17, 15) is 8.78 Å². The Balaban J connectivity index is 1.93. The first-order valence-electron chi connectivity index (χ1n) is 6.29. The van der Waals surface area contributed by atoms with Gasteiger partial charge in [-0.25, -0.2) is 8.78 Å². The number of benzene rings is 1. The van der Waals surface area contributed by atoms with Crippen molar-refractivity contribution in [1.82, 2.24) is 4.90 Å². The monoisotopic (exact) mass is 317 g/mol. The van der Waals surface area contributed by atoms with Crippen molar-refractivity contribution in [3.8, 4) is 0 Å². The van der Waals surface area contributed by atoms with Crippen LogP contribution in [0.2, 0.25) is 0 Å². The molecule has 0 aliphatic heterocycles. The fourth-order valence-corrected chi connectivity index (χ4v) is 2.90. The Labute approximate surface area is 115 Å². The Hall–Kier alpha value is -0.480. The fraction of sp³-hybridized carbons (Fsp3) is 0.571. The lowest BCUT2D eigenvalue weighted by molar-refractivity contribution is -0.0519. The zero-order valence-electron chi connectivity index (χ0n) is 10.5. The first-order chi connectivity index (χ1) is 8.48. The van der Waals surface area contributed by atoms with Gasteiger partial charge in [-0.1, -0.05) is 34.1 Å². The number of halogens is 3. The highest BCUT2D eigenvalue weighted by atomic mass is 79.9. The molecule has 1 aromatic carbocycles. The maximum absolute atomic E-state index is 13.1. The summed E-state index contributed by atoms with van der Waals surface area (Å²) < 4.78 is 27.3. The van der Waals surface area contributed by atoms with Gasteiger partial charge >= 0.3 is 0 Å². The second-order valence-corrected chi connectivity index (χ2v) is 5.95. The lowest BCUT2D eigenvalue weighted by atomic mass is 9.91. The lowest BCUT2D eigenvalue weighted by Gasteiger charge is -2.34. The maximum Gasteiger partial charge on any atom is 0.248 e. The second kappa shape index (κ2) is 5.66. The average Bonchev–Trinajstić information content (AvgIpc) is 2.32. The topological polar surface area (TPSA) is 3.24 Å². The molecular weight excluding hydrogens is 300 g/mol. The van der Waals surface area contributed by atoms with Crippen molar-refractivity contribution >= 4 is 15.9 Å². The first-order valence-corrected chi connectivity index (χ1v) is 7.09. The highest BCUT2D eigenvalue weighted by Gasteiger charge is 2.36. The number of nitrogens with zero attached hydrogens (tertiary/aromatic N) is 1. The van der Waals surface area contributed by atoms with Gasteiger partial charge in [0.05, 0.1) is 0 Å². The van der Waals surface area contributed by atoms with Crippen LogP contribution in [0.3, 0.4) is 0 Å². The summed E-state index contributed by atoms with van der Waals surface area (Å²) in [4.78, 5) is 2.19. The molecule has 0 radical (unpaired) electrons. The summed E-state index contributed by atoms with van der Waals surface area (Å²) in [6, 6.07) is 8.34. The van der Waals surface area contributed by atoms with Crippen LogP contribution in [0.15, 0.2) is 28.7 Å². The molecule has 1 aliphatic rings. The van der Waals surface area contributed by atoms with Gasteiger partial charge in [-0.3, -0.25) is 4.90 Å². The van der Waals surface area contributed by atoms with Crippen molar-refractivity contribution in [2.24, 2.45) is 0 Å². The largest absolute Gasteiger partial charge is 0.299 e. The molecule has 0 aromatic heterocycles. The molecule has 0 heterocycles. The highest BCUT2D eigenvalue weighted by molar-refractivity contribution is 9.10. The molecule has 0 N–H and O–H groups in total. The van der Waals surface area contributed by atoms with Crippen LogP contribution in [0, 0.1) is 0 Å². The predicted molar refractivity (Wildman–Crippen MR) is 72.8 cm³/mol. The Morgan fingerprint density at radius 3 is 2.50 bits per heavy atom. The van der Waals surface area contributed by atoms with Crippen LogP contribution in [0.1, 0.15) is 31.2 Å². The third-order valence-electron chi connectivity index (χ3n) is 3.69. The molecule has 2 rings (SSSR count). The van der Waals surface area contributed by atoms with Crippen molar-refractivity contribution in [1.29, 1.82) is 0 Å². The molecule has 1 aromatic rings. The number of hydrogen-bond donors (Lipinski definition) is 0. The van der Waals surface area contributed by atoms with E-state index >= 15 is 0 Å². The summed E-state index contributed by atoms with van der Waals surface area (Å²) in [6.45, 7) is 0.803. The Bertz CT molecular complexity index is 399. The third-order valence-corrected chi connectivity index (χ3v) is 4.46. The van der Waals surface area contributed by atoms with Crippen LogP contribution < -0.4 is 0 Å². The summed E-state index contributed by atoms with van der Waals surface area (Å²) >= 11 is 3.52. The summed E-state index contributed by atoms with van der Waals surface area (Å²) in [7, 11) is 2.02. The van der Waals surface area contributed by atoms with Crippen LogP contribution in [0.4, 0.5) is 8.78 Å². The van der Waals surface area contributed by atoms with E-state index < -0.39 is 5.92 Å². The van der Waals surface area contributed by atoms with Gasteiger partial charge in [0.1, 0.15) is 0 Å². The number of alkyl halides is 2. The summed E-state index contributed by atoms with van der Waals surface area (Å²) in [5.41, 5.74) is 1.21. The lowest BCUT2D eigenvalue weighted by Crippen LogP contribution is -2.38. The van der Waals surface area contributed by atoms with Gasteiger partial charge in [0.15, 0.2) is 0 Å². The van der Waals surface area contributed by atoms with Gasteiger partial charge in [0.2, 0.25) is 5.92 Å². The van der Waals surface area contributed by atoms with Crippen LogP contribution >= 0.6 is 15.9 Å². The van der Waals surface area contributed by atoms with Crippen LogP contribution in [0.25, 0.3) is 0 Å². The number of hydrogen-bond acceptors (Lipinski definition) is 1. The third kappa shape index (κ3) is 3.51. The molecule has 0 amide bonds. The SMILES string of the molecule is CN(Cc1ccccc1Br)C1CCC(F)(F)CC1. The minimum absolute atomic E-state index is 0.0258. The molecular formula is C14H18BrF2N. The van der Waals surface area contributed by atoms with Crippen molar-refractivity contribution in [3.05, 3.63) is 34.3 Å². The summed E-state index contributed by atoms with van der Waals surface area (Å²) in [5.74, 6) is -2.44. The molecule has 0 spiro atoms. The van der Waals surface area contributed by atoms with Gasteiger partial charge in [0, 0.05) is 29.9 Å². The zero-order chi connectivity index (χ0) is 13.2. The van der Waals surface area contributed by atoms with E-state index in [1.54, 1.807) is 0 Å². The van der Waals surface area contributed by atoms with E-state index in [0.717, 1.165) is 11.0 Å². The van der Waals surface area contributed by atoms with E-state index in [4.69, 9.17) is 0 Å². The zero-order valence-corrected chi connectivity index (χ0v) is 12.1. The van der Waals surface area contributed by atoms with E-state index in [1.165, 1.54) is 5.56 Å². The van der Waals surface area contributed by atoms with Gasteiger partial charge in [-0.05, 0) is 31.5 Å². The maximum atomic E-state index is 13.1. The standard InChI is InChI=1S/C14H18BrF2N/c1-18(10-11-4-2-3-5-13(11)15)12-6-8-14(16,17)9-7-12/h2-5,12H,6-10H2,1H3. The fourth-order valence-electron chi connectivity index (χ4n) is 2.49. The van der Waals surface area contributed by atoms with Gasteiger partial charge in [0.25, 0.3) is 0 Å². The van der Waals surface area contributed by atoms with Crippen molar-refractivity contribution in [2.75, 3.05) is 7.05 Å². The molecule has 1 fully saturated rings. The quantitative estimate of drug-likeness (QED) is 0.795. The molecule has 4 heteroatoms.